The summed E-state index contributed by atoms with van der Waals surface area (Å²) in [5.41, 5.74) is 4.69. The quantitative estimate of drug-likeness (QED) is 0.272. The van der Waals surface area contributed by atoms with Crippen LogP contribution in [-0.4, -0.2) is 33.1 Å². The van der Waals surface area contributed by atoms with Crippen LogP contribution in [-0.2, 0) is 4.79 Å². The molecule has 1 aliphatic rings. The maximum atomic E-state index is 11.8. The summed E-state index contributed by atoms with van der Waals surface area (Å²) in [6, 6.07) is -0.834. The minimum Gasteiger partial charge on any atom is -0.479 e. The van der Waals surface area contributed by atoms with E-state index < -0.39 is 17.6 Å². The molecule has 0 amide bonds. The van der Waals surface area contributed by atoms with E-state index in [1.807, 2.05) is 31.7 Å². The average Bonchev–Trinajstić information content (AvgIpc) is 2.89. The Labute approximate surface area is 181 Å². The molecule has 166 valence electrons. The Morgan fingerprint density at radius 2 is 1.90 bits per heavy atom. The van der Waals surface area contributed by atoms with Gasteiger partial charge in [0.1, 0.15) is 0 Å². The smallest absolute Gasteiger partial charge is 0.337 e. The SMILES string of the molecule is C=C(/C=C(\C=C/CCC)SC1CCCCCC1)CC(O)(C(=O)O)C(N)CC(C)C. The van der Waals surface area contributed by atoms with Gasteiger partial charge in [0.25, 0.3) is 0 Å². The normalized spacial score (nSPS) is 19.9. The Morgan fingerprint density at radius 1 is 1.28 bits per heavy atom. The number of hydrogen-bond acceptors (Lipinski definition) is 4. The van der Waals surface area contributed by atoms with E-state index in [2.05, 4.69) is 25.7 Å². The summed E-state index contributed by atoms with van der Waals surface area (Å²) in [5.74, 6) is -1.07. The number of aliphatic hydroxyl groups is 1. The number of carbonyl (C=O) groups is 1. The second-order valence-corrected chi connectivity index (χ2v) is 10.1. The largest absolute Gasteiger partial charge is 0.479 e. The van der Waals surface area contributed by atoms with Crippen molar-refractivity contribution >= 4 is 17.7 Å². The van der Waals surface area contributed by atoms with E-state index in [1.54, 1.807) is 0 Å². The minimum absolute atomic E-state index is 0.0629. The zero-order valence-corrected chi connectivity index (χ0v) is 19.3. The lowest BCUT2D eigenvalue weighted by molar-refractivity contribution is -0.161. The van der Waals surface area contributed by atoms with E-state index in [0.29, 0.717) is 17.2 Å². The fraction of sp³-hybridized carbons (Fsp3) is 0.708. The van der Waals surface area contributed by atoms with Crippen LogP contribution in [0.25, 0.3) is 0 Å². The van der Waals surface area contributed by atoms with Crippen molar-refractivity contribution in [3.63, 3.8) is 0 Å². The summed E-state index contributed by atoms with van der Waals surface area (Å²) in [6.45, 7) is 10.1. The highest BCUT2D eigenvalue weighted by molar-refractivity contribution is 8.03. The molecule has 0 aromatic rings. The predicted molar refractivity (Wildman–Crippen MR) is 125 cm³/mol. The van der Waals surface area contributed by atoms with E-state index in [4.69, 9.17) is 5.73 Å². The Balaban J connectivity index is 2.95. The first kappa shape index (κ1) is 26.0. The summed E-state index contributed by atoms with van der Waals surface area (Å²) in [4.78, 5) is 12.9. The number of aliphatic carboxylic acids is 1. The monoisotopic (exact) mass is 423 g/mol. The van der Waals surface area contributed by atoms with Crippen molar-refractivity contribution < 1.29 is 15.0 Å². The van der Waals surface area contributed by atoms with Gasteiger partial charge < -0.3 is 15.9 Å². The molecule has 0 radical (unpaired) electrons. The Hall–Kier alpha value is -1.04. The van der Waals surface area contributed by atoms with E-state index in [9.17, 15) is 15.0 Å². The molecule has 29 heavy (non-hydrogen) atoms. The molecule has 5 heteroatoms. The summed E-state index contributed by atoms with van der Waals surface area (Å²) in [5, 5.41) is 21.1. The van der Waals surface area contributed by atoms with Gasteiger partial charge >= 0.3 is 5.97 Å². The highest BCUT2D eigenvalue weighted by atomic mass is 32.2. The standard InChI is InChI=1S/C24H41NO3S/c1-5-6-9-14-21(29-20-12-10-7-8-11-13-20)16-19(4)17-24(28,23(26)27)22(25)15-18(2)3/h9,14,16,18,20,22,28H,4-8,10-13,15,17,25H2,1-3H3,(H,26,27)/b14-9-,21-16+. The van der Waals surface area contributed by atoms with Crippen LogP contribution in [0.1, 0.15) is 85.0 Å². The molecule has 0 heterocycles. The van der Waals surface area contributed by atoms with Crippen molar-refractivity contribution in [1.82, 2.24) is 0 Å². The van der Waals surface area contributed by atoms with E-state index in [1.165, 1.54) is 38.5 Å². The zero-order chi connectivity index (χ0) is 21.9. The van der Waals surface area contributed by atoms with Gasteiger partial charge in [-0.1, -0.05) is 77.2 Å². The number of carboxylic acids is 1. The topological polar surface area (TPSA) is 83.5 Å². The number of unbranched alkanes of at least 4 members (excludes halogenated alkanes) is 1. The van der Waals surface area contributed by atoms with Gasteiger partial charge in [0.2, 0.25) is 0 Å². The van der Waals surface area contributed by atoms with Gasteiger partial charge in [-0.3, -0.25) is 0 Å². The van der Waals surface area contributed by atoms with Crippen LogP contribution in [0.4, 0.5) is 0 Å². The summed E-state index contributed by atoms with van der Waals surface area (Å²) in [6.07, 6.45) is 16.3. The van der Waals surface area contributed by atoms with Crippen LogP contribution >= 0.6 is 11.8 Å². The number of rotatable bonds is 12. The molecule has 0 bridgehead atoms. The number of allylic oxidation sites excluding steroid dienone is 3. The molecule has 0 aromatic carbocycles. The second-order valence-electron chi connectivity index (χ2n) is 8.77. The first-order valence-electron chi connectivity index (χ1n) is 11.1. The van der Waals surface area contributed by atoms with Crippen molar-refractivity contribution in [3.05, 3.63) is 35.3 Å². The third kappa shape index (κ3) is 9.54. The maximum absolute atomic E-state index is 11.8. The first-order valence-corrected chi connectivity index (χ1v) is 12.0. The fourth-order valence-corrected chi connectivity index (χ4v) is 5.07. The molecule has 1 aliphatic carbocycles. The van der Waals surface area contributed by atoms with Gasteiger partial charge in [0.05, 0.1) is 0 Å². The van der Waals surface area contributed by atoms with Crippen LogP contribution in [0, 0.1) is 5.92 Å². The third-order valence-corrected chi connectivity index (χ3v) is 6.73. The summed E-state index contributed by atoms with van der Waals surface area (Å²) < 4.78 is 0. The molecule has 0 spiro atoms. The molecule has 4 N–H and O–H groups in total. The van der Waals surface area contributed by atoms with Crippen molar-refractivity contribution in [2.75, 3.05) is 0 Å². The molecule has 0 aliphatic heterocycles. The van der Waals surface area contributed by atoms with Crippen LogP contribution in [0.15, 0.2) is 35.3 Å². The molecule has 0 saturated heterocycles. The molecular weight excluding hydrogens is 382 g/mol. The maximum Gasteiger partial charge on any atom is 0.337 e. The first-order chi connectivity index (χ1) is 13.7. The number of carboxylic acid groups (broad SMARTS) is 1. The van der Waals surface area contributed by atoms with Crippen LogP contribution in [0.5, 0.6) is 0 Å². The van der Waals surface area contributed by atoms with Gasteiger partial charge in [0.15, 0.2) is 5.60 Å². The Morgan fingerprint density at radius 3 is 2.41 bits per heavy atom. The molecule has 1 saturated carbocycles. The van der Waals surface area contributed by atoms with Gasteiger partial charge in [-0.15, -0.1) is 11.8 Å². The molecule has 0 aromatic heterocycles. The average molecular weight is 424 g/mol. The number of hydrogen-bond donors (Lipinski definition) is 3. The molecule has 1 fully saturated rings. The van der Waals surface area contributed by atoms with E-state index >= 15 is 0 Å². The molecule has 4 nitrogen and oxygen atoms in total. The van der Waals surface area contributed by atoms with E-state index in [-0.39, 0.29) is 12.3 Å². The van der Waals surface area contributed by atoms with Crippen molar-refractivity contribution in [1.29, 1.82) is 0 Å². The lowest BCUT2D eigenvalue weighted by Gasteiger charge is -2.31. The summed E-state index contributed by atoms with van der Waals surface area (Å²) in [7, 11) is 0. The van der Waals surface area contributed by atoms with Crippen LogP contribution in [0.3, 0.4) is 0 Å². The Kier molecular flexibility index (Phi) is 11.9. The molecule has 2 unspecified atom stereocenters. The third-order valence-electron chi connectivity index (χ3n) is 5.39. The number of nitrogens with two attached hydrogens (primary N) is 1. The highest BCUT2D eigenvalue weighted by Gasteiger charge is 2.42. The number of thioether (sulfide) groups is 1. The van der Waals surface area contributed by atoms with Crippen molar-refractivity contribution in [3.8, 4) is 0 Å². The van der Waals surface area contributed by atoms with Crippen LogP contribution in [0.2, 0.25) is 0 Å². The lowest BCUT2D eigenvalue weighted by atomic mass is 9.83. The molecular formula is C24H41NO3S. The minimum atomic E-state index is -2.00. The van der Waals surface area contributed by atoms with Gasteiger partial charge in [-0.25, -0.2) is 4.79 Å². The van der Waals surface area contributed by atoms with Gasteiger partial charge in [0, 0.05) is 22.6 Å². The summed E-state index contributed by atoms with van der Waals surface area (Å²) >= 11 is 1.86. The Bertz CT molecular complexity index is 577. The fourth-order valence-electron chi connectivity index (χ4n) is 3.71. The van der Waals surface area contributed by atoms with Gasteiger partial charge in [-0.2, -0.15) is 0 Å². The lowest BCUT2D eigenvalue weighted by Crippen LogP contribution is -2.54. The molecule has 2 atom stereocenters. The predicted octanol–water partition coefficient (Wildman–Crippen LogP) is 5.82. The van der Waals surface area contributed by atoms with Gasteiger partial charge in [-0.05, 0) is 37.7 Å². The second kappa shape index (κ2) is 13.3. The van der Waals surface area contributed by atoms with Crippen LogP contribution < -0.4 is 5.73 Å². The highest BCUT2D eigenvalue weighted by Crippen LogP contribution is 2.34. The van der Waals surface area contributed by atoms with Crippen molar-refractivity contribution in [2.45, 2.75) is 102 Å². The molecule has 1 rings (SSSR count). The van der Waals surface area contributed by atoms with E-state index in [0.717, 1.165) is 17.7 Å². The van der Waals surface area contributed by atoms with Crippen molar-refractivity contribution in [2.24, 2.45) is 11.7 Å². The zero-order valence-electron chi connectivity index (χ0n) is 18.5.